The second-order valence-corrected chi connectivity index (χ2v) is 11.5. The average molecular weight is 224 g/mol. The Morgan fingerprint density at radius 1 is 1.42 bits per heavy atom. The summed E-state index contributed by atoms with van der Waals surface area (Å²) in [5.74, 6) is 1.37. The van der Waals surface area contributed by atoms with E-state index in [1.54, 1.807) is 0 Å². The molecule has 1 atom stereocenters. The molecule has 0 saturated carbocycles. The first kappa shape index (κ1) is 12.7. The molecule has 0 aliphatic carbocycles. The van der Waals surface area contributed by atoms with Gasteiger partial charge in [0.25, 0.3) is 0 Å². The minimum atomic E-state index is -1.30. The summed E-state index contributed by atoms with van der Waals surface area (Å²) in [4.78, 5) is 0. The van der Waals surface area contributed by atoms with Crippen molar-refractivity contribution in [3.8, 4) is 0 Å². The van der Waals surface area contributed by atoms with E-state index in [1.807, 2.05) is 0 Å². The predicted octanol–water partition coefficient (Wildman–Crippen LogP) is 3.33. The summed E-state index contributed by atoms with van der Waals surface area (Å²) >= 11 is 5.74. The van der Waals surface area contributed by atoms with E-state index in [1.165, 1.54) is 6.04 Å². The number of hydrogen-bond acceptors (Lipinski definition) is 1. The second kappa shape index (κ2) is 5.42. The standard InChI is InChI=1S/C8H20ClOSi2/c1-8(6-9)7-11(2)10-12(3,4)5/h8H,6-7H2,1-5H3. The third-order valence-electron chi connectivity index (χ3n) is 1.38. The topological polar surface area (TPSA) is 9.23 Å². The summed E-state index contributed by atoms with van der Waals surface area (Å²) in [7, 11) is -1.88. The molecule has 0 rings (SSSR count). The molecule has 0 aromatic carbocycles. The van der Waals surface area contributed by atoms with Gasteiger partial charge in [0.05, 0.1) is 0 Å². The van der Waals surface area contributed by atoms with Crippen molar-refractivity contribution >= 4 is 29.0 Å². The lowest BCUT2D eigenvalue weighted by Gasteiger charge is -2.23. The van der Waals surface area contributed by atoms with Gasteiger partial charge in [-0.1, -0.05) is 6.92 Å². The molecule has 0 heterocycles. The van der Waals surface area contributed by atoms with Crippen LogP contribution in [0.5, 0.6) is 0 Å². The van der Waals surface area contributed by atoms with Gasteiger partial charge in [-0.05, 0) is 38.2 Å². The maximum atomic E-state index is 5.99. The summed E-state index contributed by atoms with van der Waals surface area (Å²) in [6.45, 7) is 11.2. The largest absolute Gasteiger partial charge is 0.456 e. The lowest BCUT2D eigenvalue weighted by molar-refractivity contribution is 0.555. The highest BCUT2D eigenvalue weighted by atomic mass is 35.5. The molecule has 0 spiro atoms. The van der Waals surface area contributed by atoms with Crippen LogP contribution in [0, 0.1) is 5.92 Å². The summed E-state index contributed by atoms with van der Waals surface area (Å²) < 4.78 is 5.99. The molecule has 0 amide bonds. The molecule has 4 heteroatoms. The van der Waals surface area contributed by atoms with Crippen LogP contribution >= 0.6 is 11.6 Å². The Morgan fingerprint density at radius 2 is 1.92 bits per heavy atom. The Labute approximate surface area is 84.3 Å². The van der Waals surface area contributed by atoms with Crippen molar-refractivity contribution in [1.29, 1.82) is 0 Å². The van der Waals surface area contributed by atoms with Crippen LogP contribution in [0.25, 0.3) is 0 Å². The highest BCUT2D eigenvalue weighted by Crippen LogP contribution is 2.13. The van der Waals surface area contributed by atoms with Crippen molar-refractivity contribution in [3.05, 3.63) is 0 Å². The van der Waals surface area contributed by atoms with E-state index >= 15 is 0 Å². The third kappa shape index (κ3) is 7.34. The van der Waals surface area contributed by atoms with Crippen LogP contribution in [-0.2, 0) is 4.12 Å². The van der Waals surface area contributed by atoms with Crippen LogP contribution in [0.4, 0.5) is 0 Å². The molecule has 0 N–H and O–H groups in total. The minimum Gasteiger partial charge on any atom is -0.456 e. The normalized spacial score (nSPS) is 15.2. The van der Waals surface area contributed by atoms with Crippen LogP contribution in [0.2, 0.25) is 32.2 Å². The van der Waals surface area contributed by atoms with Gasteiger partial charge in [-0.25, -0.2) is 0 Å². The monoisotopic (exact) mass is 223 g/mol. The number of hydrogen-bond donors (Lipinski definition) is 0. The Hall–Kier alpha value is 0.684. The molecule has 0 aromatic heterocycles. The van der Waals surface area contributed by atoms with Crippen molar-refractivity contribution in [2.45, 2.75) is 39.2 Å². The van der Waals surface area contributed by atoms with Crippen molar-refractivity contribution < 1.29 is 4.12 Å². The van der Waals surface area contributed by atoms with Gasteiger partial charge < -0.3 is 4.12 Å². The quantitative estimate of drug-likeness (QED) is 0.513. The van der Waals surface area contributed by atoms with E-state index in [0.29, 0.717) is 5.92 Å². The van der Waals surface area contributed by atoms with Crippen LogP contribution in [-0.4, -0.2) is 23.2 Å². The van der Waals surface area contributed by atoms with Gasteiger partial charge in [-0.2, -0.15) is 0 Å². The predicted molar refractivity (Wildman–Crippen MR) is 60.7 cm³/mol. The fourth-order valence-corrected chi connectivity index (χ4v) is 7.04. The molecule has 0 saturated heterocycles. The van der Waals surface area contributed by atoms with E-state index in [4.69, 9.17) is 15.7 Å². The Kier molecular flexibility index (Phi) is 5.73. The van der Waals surface area contributed by atoms with Gasteiger partial charge in [-0.3, -0.25) is 0 Å². The minimum absolute atomic E-state index is 0.581. The van der Waals surface area contributed by atoms with Gasteiger partial charge in [0.2, 0.25) is 0 Å². The molecule has 1 unspecified atom stereocenters. The van der Waals surface area contributed by atoms with Crippen molar-refractivity contribution in [3.63, 3.8) is 0 Å². The molecule has 0 aliphatic rings. The SMILES string of the molecule is CC(CCl)C[Si](C)O[Si](C)(C)C. The number of rotatable bonds is 5. The zero-order valence-electron chi connectivity index (χ0n) is 8.78. The Bertz CT molecular complexity index is 125. The third-order valence-corrected chi connectivity index (χ3v) is 7.02. The maximum absolute atomic E-state index is 5.99. The number of halogens is 1. The zero-order chi connectivity index (χ0) is 9.78. The van der Waals surface area contributed by atoms with Gasteiger partial charge in [0, 0.05) is 5.88 Å². The molecule has 73 valence electrons. The van der Waals surface area contributed by atoms with Gasteiger partial charge >= 0.3 is 0 Å². The smallest absolute Gasteiger partial charge is 0.194 e. The molecular weight excluding hydrogens is 204 g/mol. The maximum Gasteiger partial charge on any atom is 0.194 e. The highest BCUT2D eigenvalue weighted by Gasteiger charge is 2.20. The van der Waals surface area contributed by atoms with E-state index in [-0.39, 0.29) is 0 Å². The fourth-order valence-electron chi connectivity index (χ4n) is 1.11. The number of alkyl halides is 1. The fraction of sp³-hybridized carbons (Fsp3) is 1.00. The van der Waals surface area contributed by atoms with E-state index in [0.717, 1.165) is 5.88 Å². The molecule has 1 nitrogen and oxygen atoms in total. The molecule has 0 bridgehead atoms. The van der Waals surface area contributed by atoms with Crippen LogP contribution in [0.15, 0.2) is 0 Å². The molecule has 12 heavy (non-hydrogen) atoms. The van der Waals surface area contributed by atoms with Gasteiger partial charge in [0.15, 0.2) is 17.4 Å². The molecule has 0 fully saturated rings. The van der Waals surface area contributed by atoms with Gasteiger partial charge in [-0.15, -0.1) is 11.6 Å². The van der Waals surface area contributed by atoms with Crippen LogP contribution in [0.3, 0.4) is 0 Å². The average Bonchev–Trinajstić information content (AvgIpc) is 1.82. The molecule has 0 aliphatic heterocycles. The first-order valence-electron chi connectivity index (χ1n) is 4.42. The van der Waals surface area contributed by atoms with E-state index in [2.05, 4.69) is 33.1 Å². The molecule has 1 radical (unpaired) electrons. The highest BCUT2D eigenvalue weighted by molar-refractivity contribution is 6.77. The summed E-state index contributed by atoms with van der Waals surface area (Å²) in [6.07, 6.45) is 0. The van der Waals surface area contributed by atoms with E-state index < -0.39 is 17.4 Å². The first-order chi connectivity index (χ1) is 5.35. The van der Waals surface area contributed by atoms with Crippen LogP contribution < -0.4 is 0 Å². The van der Waals surface area contributed by atoms with Crippen molar-refractivity contribution in [1.82, 2.24) is 0 Å². The van der Waals surface area contributed by atoms with Crippen molar-refractivity contribution in [2.75, 3.05) is 5.88 Å². The zero-order valence-corrected chi connectivity index (χ0v) is 11.5. The Morgan fingerprint density at radius 3 is 2.25 bits per heavy atom. The first-order valence-corrected chi connectivity index (χ1v) is 10.5. The lowest BCUT2D eigenvalue weighted by atomic mass is 10.3. The molecule has 0 aromatic rings. The summed E-state index contributed by atoms with van der Waals surface area (Å²) in [5, 5.41) is 0. The lowest BCUT2D eigenvalue weighted by Crippen LogP contribution is -2.33. The van der Waals surface area contributed by atoms with Gasteiger partial charge in [0.1, 0.15) is 0 Å². The summed E-state index contributed by atoms with van der Waals surface area (Å²) in [5.41, 5.74) is 0. The molecular formula is C8H20ClOSi2. The summed E-state index contributed by atoms with van der Waals surface area (Å²) in [6, 6.07) is 1.18. The van der Waals surface area contributed by atoms with E-state index in [9.17, 15) is 0 Å². The second-order valence-electron chi connectivity index (χ2n) is 4.38. The van der Waals surface area contributed by atoms with Crippen molar-refractivity contribution in [2.24, 2.45) is 5.92 Å². The Balaban J connectivity index is 3.66. The van der Waals surface area contributed by atoms with Crippen LogP contribution in [0.1, 0.15) is 6.92 Å².